The molecule has 8 heteroatoms. The summed E-state index contributed by atoms with van der Waals surface area (Å²) in [5.74, 6) is 0. The highest BCUT2D eigenvalue weighted by atomic mass is 35.5. The molecule has 0 spiro atoms. The highest BCUT2D eigenvalue weighted by Crippen LogP contribution is 2.29. The highest BCUT2D eigenvalue weighted by Gasteiger charge is 2.28. The van der Waals surface area contributed by atoms with Crippen LogP contribution < -0.4 is 5.32 Å². The lowest BCUT2D eigenvalue weighted by atomic mass is 10.3. The number of rotatable bonds is 2. The summed E-state index contributed by atoms with van der Waals surface area (Å²) in [7, 11) is 0. The van der Waals surface area contributed by atoms with Crippen molar-refractivity contribution in [3.05, 3.63) is 33.2 Å². The molecular formula is C12H12Cl2N4OS. The van der Waals surface area contributed by atoms with Gasteiger partial charge in [0.15, 0.2) is 0 Å². The molecule has 3 rings (SSSR count). The van der Waals surface area contributed by atoms with Gasteiger partial charge >= 0.3 is 6.03 Å². The van der Waals surface area contributed by atoms with E-state index < -0.39 is 0 Å². The Balaban J connectivity index is 1.62. The van der Waals surface area contributed by atoms with Crippen molar-refractivity contribution in [2.45, 2.75) is 12.5 Å². The van der Waals surface area contributed by atoms with Crippen molar-refractivity contribution in [1.82, 2.24) is 14.7 Å². The van der Waals surface area contributed by atoms with Crippen molar-refractivity contribution in [1.29, 1.82) is 0 Å². The number of thiophene rings is 1. The Labute approximate surface area is 130 Å². The molecule has 0 unspecified atom stereocenters. The van der Waals surface area contributed by atoms with E-state index in [-0.39, 0.29) is 12.1 Å². The molecule has 20 heavy (non-hydrogen) atoms. The molecule has 106 valence electrons. The minimum atomic E-state index is -0.133. The van der Waals surface area contributed by atoms with Gasteiger partial charge in [0, 0.05) is 19.3 Å². The maximum Gasteiger partial charge on any atom is 0.321 e. The van der Waals surface area contributed by atoms with Crippen molar-refractivity contribution in [3.8, 4) is 0 Å². The van der Waals surface area contributed by atoms with Gasteiger partial charge in [-0.25, -0.2) is 4.79 Å². The summed E-state index contributed by atoms with van der Waals surface area (Å²) < 4.78 is 2.40. The van der Waals surface area contributed by atoms with Gasteiger partial charge in [0.2, 0.25) is 0 Å². The number of carbonyl (C=O) groups is 1. The van der Waals surface area contributed by atoms with E-state index in [1.54, 1.807) is 23.4 Å². The predicted octanol–water partition coefficient (Wildman–Crippen LogP) is 3.73. The van der Waals surface area contributed by atoms with Crippen molar-refractivity contribution >= 4 is 46.3 Å². The van der Waals surface area contributed by atoms with Gasteiger partial charge in [-0.05, 0) is 17.9 Å². The smallest absolute Gasteiger partial charge is 0.321 e. The zero-order valence-corrected chi connectivity index (χ0v) is 12.8. The van der Waals surface area contributed by atoms with E-state index in [1.807, 2.05) is 10.1 Å². The Morgan fingerprint density at radius 2 is 2.35 bits per heavy atom. The third kappa shape index (κ3) is 2.77. The lowest BCUT2D eigenvalue weighted by Gasteiger charge is -2.17. The molecule has 2 aromatic heterocycles. The van der Waals surface area contributed by atoms with Crippen LogP contribution in [0.1, 0.15) is 12.5 Å². The van der Waals surface area contributed by atoms with Gasteiger partial charge in [-0.1, -0.05) is 23.2 Å². The second-order valence-corrected chi connectivity index (χ2v) is 6.52. The minimum Gasteiger partial charge on any atom is -0.322 e. The lowest BCUT2D eigenvalue weighted by molar-refractivity contribution is 0.220. The topological polar surface area (TPSA) is 50.2 Å². The summed E-state index contributed by atoms with van der Waals surface area (Å²) in [4.78, 5) is 13.9. The molecule has 2 aromatic rings. The fourth-order valence-electron chi connectivity index (χ4n) is 2.23. The average molecular weight is 331 g/mol. The molecule has 1 aliphatic rings. The number of likely N-dealkylation sites (tertiary alicyclic amines) is 1. The molecule has 2 amide bonds. The summed E-state index contributed by atoms with van der Waals surface area (Å²) in [6.45, 7) is 1.31. The Kier molecular flexibility index (Phi) is 3.87. The van der Waals surface area contributed by atoms with Gasteiger partial charge in [-0.15, -0.1) is 11.3 Å². The van der Waals surface area contributed by atoms with E-state index in [4.69, 9.17) is 23.2 Å². The van der Waals surface area contributed by atoms with E-state index in [9.17, 15) is 4.79 Å². The zero-order valence-electron chi connectivity index (χ0n) is 10.4. The van der Waals surface area contributed by atoms with Gasteiger partial charge in [0.25, 0.3) is 0 Å². The van der Waals surface area contributed by atoms with Crippen LogP contribution in [0.15, 0.2) is 23.8 Å². The largest absolute Gasteiger partial charge is 0.322 e. The number of nitrogens with one attached hydrogen (secondary N) is 1. The number of halogens is 2. The zero-order chi connectivity index (χ0) is 14.1. The molecular weight excluding hydrogens is 319 g/mol. The lowest BCUT2D eigenvalue weighted by Crippen LogP contribution is -2.33. The Morgan fingerprint density at radius 1 is 1.50 bits per heavy atom. The summed E-state index contributed by atoms with van der Waals surface area (Å²) in [5.41, 5.74) is 0.659. The molecule has 1 fully saturated rings. The SMILES string of the molecule is O=C(Nc1ccsc1Cl)N1CC[C@H](n2cc(Cl)cn2)C1. The molecule has 1 atom stereocenters. The third-order valence-corrected chi connectivity index (χ3v) is 4.62. The molecule has 5 nitrogen and oxygen atoms in total. The fraction of sp³-hybridized carbons (Fsp3) is 0.333. The molecule has 1 saturated heterocycles. The van der Waals surface area contributed by atoms with Gasteiger partial charge in [0.1, 0.15) is 4.34 Å². The fourth-order valence-corrected chi connectivity index (χ4v) is 3.21. The Morgan fingerprint density at radius 3 is 3.00 bits per heavy atom. The first kappa shape index (κ1) is 13.7. The number of hydrogen-bond donors (Lipinski definition) is 1. The van der Waals surface area contributed by atoms with Crippen LogP contribution in [0, 0.1) is 0 Å². The van der Waals surface area contributed by atoms with Crippen LogP contribution in [-0.2, 0) is 0 Å². The van der Waals surface area contributed by atoms with Gasteiger partial charge < -0.3 is 10.2 Å². The first-order chi connectivity index (χ1) is 9.63. The summed E-state index contributed by atoms with van der Waals surface area (Å²) >= 11 is 13.2. The molecule has 0 aromatic carbocycles. The van der Waals surface area contributed by atoms with Crippen molar-refractivity contribution in [2.75, 3.05) is 18.4 Å². The van der Waals surface area contributed by atoms with E-state index in [0.29, 0.717) is 28.1 Å². The van der Waals surface area contributed by atoms with Crippen LogP contribution in [0.4, 0.5) is 10.5 Å². The Hall–Kier alpha value is -1.24. The normalized spacial score (nSPS) is 18.5. The van der Waals surface area contributed by atoms with Crippen molar-refractivity contribution in [3.63, 3.8) is 0 Å². The number of carbonyl (C=O) groups excluding carboxylic acids is 1. The van der Waals surface area contributed by atoms with E-state index in [2.05, 4.69) is 10.4 Å². The minimum absolute atomic E-state index is 0.133. The first-order valence-corrected chi connectivity index (χ1v) is 7.75. The molecule has 0 radical (unpaired) electrons. The van der Waals surface area contributed by atoms with Crippen molar-refractivity contribution < 1.29 is 4.79 Å². The first-order valence-electron chi connectivity index (χ1n) is 6.12. The van der Waals surface area contributed by atoms with Crippen LogP contribution in [0.25, 0.3) is 0 Å². The standard InChI is InChI=1S/C12H12Cl2N4OS/c13-8-5-15-18(6-8)9-1-3-17(7-9)12(19)16-10-2-4-20-11(10)14/h2,4-6,9H,1,3,7H2,(H,16,19)/t9-/m0/s1. The number of urea groups is 1. The van der Waals surface area contributed by atoms with Gasteiger partial charge in [-0.2, -0.15) is 5.10 Å². The molecule has 1 aliphatic heterocycles. The summed E-state index contributed by atoms with van der Waals surface area (Å²) in [6.07, 6.45) is 4.25. The molecule has 0 saturated carbocycles. The number of aromatic nitrogens is 2. The van der Waals surface area contributed by atoms with Crippen LogP contribution in [0.3, 0.4) is 0 Å². The van der Waals surface area contributed by atoms with E-state index in [0.717, 1.165) is 6.42 Å². The number of amides is 2. The van der Waals surface area contributed by atoms with E-state index in [1.165, 1.54) is 11.3 Å². The molecule has 0 aliphatic carbocycles. The van der Waals surface area contributed by atoms with Gasteiger partial charge in [-0.3, -0.25) is 4.68 Å². The maximum absolute atomic E-state index is 12.2. The van der Waals surface area contributed by atoms with Gasteiger partial charge in [0.05, 0.1) is 22.9 Å². The molecule has 3 heterocycles. The number of hydrogen-bond acceptors (Lipinski definition) is 3. The van der Waals surface area contributed by atoms with E-state index >= 15 is 0 Å². The highest BCUT2D eigenvalue weighted by molar-refractivity contribution is 7.15. The van der Waals surface area contributed by atoms with Crippen LogP contribution in [0.2, 0.25) is 9.36 Å². The molecule has 1 N–H and O–H groups in total. The quantitative estimate of drug-likeness (QED) is 0.912. The second-order valence-electron chi connectivity index (χ2n) is 4.57. The number of nitrogens with zero attached hydrogens (tertiary/aromatic N) is 3. The second kappa shape index (κ2) is 5.63. The summed E-state index contributed by atoms with van der Waals surface area (Å²) in [6, 6.07) is 1.84. The predicted molar refractivity (Wildman–Crippen MR) is 80.8 cm³/mol. The van der Waals surface area contributed by atoms with Crippen LogP contribution >= 0.6 is 34.5 Å². The molecule has 0 bridgehead atoms. The average Bonchev–Trinajstić information content (AvgIpc) is 3.11. The van der Waals surface area contributed by atoms with Crippen molar-refractivity contribution in [2.24, 2.45) is 0 Å². The van der Waals surface area contributed by atoms with Crippen LogP contribution in [0.5, 0.6) is 0 Å². The summed E-state index contributed by atoms with van der Waals surface area (Å²) in [5, 5.41) is 9.46. The monoisotopic (exact) mass is 330 g/mol. The Bertz CT molecular complexity index is 627. The third-order valence-electron chi connectivity index (χ3n) is 3.25. The maximum atomic E-state index is 12.2. The van der Waals surface area contributed by atoms with Crippen LogP contribution in [-0.4, -0.2) is 33.8 Å². The number of anilines is 1.